The van der Waals surface area contributed by atoms with Crippen LogP contribution < -0.4 is 0 Å². The summed E-state index contributed by atoms with van der Waals surface area (Å²) in [5.41, 5.74) is 1.22. The molecular weight excluding hydrogens is 281 g/mol. The van der Waals surface area contributed by atoms with Gasteiger partial charge in [-0.05, 0) is 62.0 Å². The van der Waals surface area contributed by atoms with Crippen molar-refractivity contribution in [2.75, 3.05) is 25.4 Å². The first-order valence-corrected chi connectivity index (χ1v) is 7.93. The zero-order valence-electron chi connectivity index (χ0n) is 11.1. The van der Waals surface area contributed by atoms with Crippen molar-refractivity contribution in [1.29, 1.82) is 0 Å². The number of rotatable bonds is 2. The fourth-order valence-corrected chi connectivity index (χ4v) is 4.18. The normalized spacial score (nSPS) is 23.5. The molecule has 1 atom stereocenters. The number of benzene rings is 1. The van der Waals surface area contributed by atoms with Crippen LogP contribution >= 0.6 is 24.2 Å². The minimum Gasteiger partial charge on any atom is -0.303 e. The average molecular weight is 302 g/mol. The fourth-order valence-electron chi connectivity index (χ4n) is 3.05. The summed E-state index contributed by atoms with van der Waals surface area (Å²) in [5.74, 6) is 1.80. The van der Waals surface area contributed by atoms with E-state index >= 15 is 0 Å². The minimum absolute atomic E-state index is 0. The third kappa shape index (κ3) is 3.87. The molecule has 1 fully saturated rings. The van der Waals surface area contributed by atoms with E-state index in [1.54, 1.807) is 12.1 Å². The molecule has 2 heterocycles. The maximum atomic E-state index is 13.3. The van der Waals surface area contributed by atoms with Gasteiger partial charge in [-0.1, -0.05) is 6.42 Å². The second-order valence-corrected chi connectivity index (χ2v) is 6.56. The van der Waals surface area contributed by atoms with E-state index in [0.29, 0.717) is 5.92 Å². The average Bonchev–Trinajstić information content (AvgIpc) is 2.39. The number of nitrogens with zero attached hydrogens (tertiary/aromatic N) is 1. The van der Waals surface area contributed by atoms with Crippen molar-refractivity contribution in [3.05, 3.63) is 29.6 Å². The molecule has 2 aliphatic rings. The molecule has 0 aliphatic carbocycles. The van der Waals surface area contributed by atoms with E-state index in [4.69, 9.17) is 0 Å². The van der Waals surface area contributed by atoms with E-state index in [0.717, 1.165) is 6.42 Å². The quantitative estimate of drug-likeness (QED) is 0.812. The standard InChI is InChI=1S/C15H20FNS.ClH/c16-14-4-5-15-13(9-14)8-12(11-18-15)10-17-6-2-1-3-7-17;/h4-5,9,12H,1-3,6-8,10-11H2;1H. The molecule has 1 unspecified atom stereocenters. The molecule has 0 radical (unpaired) electrons. The lowest BCUT2D eigenvalue weighted by Gasteiger charge is -2.32. The number of fused-ring (bicyclic) bond motifs is 1. The summed E-state index contributed by atoms with van der Waals surface area (Å²) >= 11 is 1.90. The molecule has 0 spiro atoms. The predicted molar refractivity (Wildman–Crippen MR) is 81.9 cm³/mol. The van der Waals surface area contributed by atoms with Crippen LogP contribution in [0.25, 0.3) is 0 Å². The van der Waals surface area contributed by atoms with E-state index in [2.05, 4.69) is 4.90 Å². The highest BCUT2D eigenvalue weighted by molar-refractivity contribution is 7.99. The van der Waals surface area contributed by atoms with Crippen LogP contribution in [0.15, 0.2) is 23.1 Å². The molecule has 1 saturated heterocycles. The number of likely N-dealkylation sites (tertiary alicyclic amines) is 1. The highest BCUT2D eigenvalue weighted by atomic mass is 35.5. The van der Waals surface area contributed by atoms with E-state index in [-0.39, 0.29) is 18.2 Å². The number of hydrogen-bond donors (Lipinski definition) is 0. The van der Waals surface area contributed by atoms with Crippen LogP contribution in [-0.2, 0) is 6.42 Å². The smallest absolute Gasteiger partial charge is 0.123 e. The van der Waals surface area contributed by atoms with Gasteiger partial charge in [-0.3, -0.25) is 0 Å². The van der Waals surface area contributed by atoms with Gasteiger partial charge >= 0.3 is 0 Å². The summed E-state index contributed by atoms with van der Waals surface area (Å²) in [6.07, 6.45) is 5.15. The van der Waals surface area contributed by atoms with Gasteiger partial charge in [0.25, 0.3) is 0 Å². The van der Waals surface area contributed by atoms with E-state index < -0.39 is 0 Å². The van der Waals surface area contributed by atoms with Gasteiger partial charge in [0.05, 0.1) is 0 Å². The van der Waals surface area contributed by atoms with Crippen molar-refractivity contribution in [2.24, 2.45) is 5.92 Å². The summed E-state index contributed by atoms with van der Waals surface area (Å²) in [5, 5.41) is 0. The Labute approximate surface area is 125 Å². The van der Waals surface area contributed by atoms with Gasteiger partial charge in [0.1, 0.15) is 5.82 Å². The Morgan fingerprint density at radius 1 is 1.21 bits per heavy atom. The molecular formula is C15H21ClFNS. The monoisotopic (exact) mass is 301 g/mol. The third-order valence-electron chi connectivity index (χ3n) is 3.97. The molecule has 2 aliphatic heterocycles. The second-order valence-electron chi connectivity index (χ2n) is 5.49. The summed E-state index contributed by atoms with van der Waals surface area (Å²) in [4.78, 5) is 3.88. The Morgan fingerprint density at radius 2 is 2.00 bits per heavy atom. The zero-order chi connectivity index (χ0) is 12.4. The van der Waals surface area contributed by atoms with Crippen molar-refractivity contribution in [3.8, 4) is 0 Å². The van der Waals surface area contributed by atoms with Crippen molar-refractivity contribution in [3.63, 3.8) is 0 Å². The Balaban J connectivity index is 0.00000133. The number of thioether (sulfide) groups is 1. The Hall–Kier alpha value is -0.250. The molecule has 3 rings (SSSR count). The molecule has 1 aromatic rings. The predicted octanol–water partition coefficient (Wildman–Crippen LogP) is 4.00. The van der Waals surface area contributed by atoms with Crippen LogP contribution in [0.2, 0.25) is 0 Å². The topological polar surface area (TPSA) is 3.24 Å². The first kappa shape index (κ1) is 15.1. The first-order chi connectivity index (χ1) is 8.81. The molecule has 0 amide bonds. The lowest BCUT2D eigenvalue weighted by Crippen LogP contribution is -2.36. The van der Waals surface area contributed by atoms with Gasteiger partial charge in [-0.25, -0.2) is 4.39 Å². The van der Waals surface area contributed by atoms with E-state index in [9.17, 15) is 4.39 Å². The SMILES string of the molecule is Cl.Fc1ccc2c(c1)CC(CN1CCCCC1)CS2. The number of hydrogen-bond acceptors (Lipinski definition) is 2. The third-order valence-corrected chi connectivity index (χ3v) is 5.32. The Kier molecular flexibility index (Phi) is 5.55. The molecule has 19 heavy (non-hydrogen) atoms. The van der Waals surface area contributed by atoms with Crippen LogP contribution in [0.1, 0.15) is 24.8 Å². The van der Waals surface area contributed by atoms with Gasteiger partial charge in [-0.2, -0.15) is 0 Å². The fraction of sp³-hybridized carbons (Fsp3) is 0.600. The van der Waals surface area contributed by atoms with Crippen LogP contribution in [0.3, 0.4) is 0 Å². The largest absolute Gasteiger partial charge is 0.303 e. The highest BCUT2D eigenvalue weighted by Crippen LogP contribution is 2.33. The summed E-state index contributed by atoms with van der Waals surface area (Å²) < 4.78 is 13.3. The molecule has 4 heteroatoms. The molecule has 0 N–H and O–H groups in total. The van der Waals surface area contributed by atoms with Crippen LogP contribution in [0, 0.1) is 11.7 Å². The van der Waals surface area contributed by atoms with Crippen LogP contribution in [0.5, 0.6) is 0 Å². The van der Waals surface area contributed by atoms with E-state index in [1.807, 2.05) is 17.8 Å². The molecule has 1 aromatic carbocycles. The van der Waals surface area contributed by atoms with Gasteiger partial charge in [0.2, 0.25) is 0 Å². The van der Waals surface area contributed by atoms with Gasteiger partial charge in [-0.15, -0.1) is 24.2 Å². The molecule has 0 aromatic heterocycles. The van der Waals surface area contributed by atoms with Crippen LogP contribution in [0.4, 0.5) is 4.39 Å². The summed E-state index contributed by atoms with van der Waals surface area (Å²) in [6, 6.07) is 5.24. The van der Waals surface area contributed by atoms with Crippen molar-refractivity contribution in [2.45, 2.75) is 30.6 Å². The van der Waals surface area contributed by atoms with Crippen molar-refractivity contribution >= 4 is 24.2 Å². The summed E-state index contributed by atoms with van der Waals surface area (Å²) in [7, 11) is 0. The lowest BCUT2D eigenvalue weighted by molar-refractivity contribution is 0.201. The molecule has 0 saturated carbocycles. The highest BCUT2D eigenvalue weighted by Gasteiger charge is 2.22. The Morgan fingerprint density at radius 3 is 2.79 bits per heavy atom. The first-order valence-electron chi connectivity index (χ1n) is 6.95. The van der Waals surface area contributed by atoms with Crippen LogP contribution in [-0.4, -0.2) is 30.3 Å². The number of halogens is 2. The molecule has 0 bridgehead atoms. The zero-order valence-corrected chi connectivity index (χ0v) is 12.7. The van der Waals surface area contributed by atoms with Gasteiger partial charge in [0, 0.05) is 17.2 Å². The van der Waals surface area contributed by atoms with Gasteiger partial charge in [0.15, 0.2) is 0 Å². The van der Waals surface area contributed by atoms with E-state index in [1.165, 1.54) is 55.1 Å². The molecule has 106 valence electrons. The second kappa shape index (κ2) is 6.96. The Bertz CT molecular complexity index is 421. The molecule has 1 nitrogen and oxygen atoms in total. The number of piperidine rings is 1. The maximum absolute atomic E-state index is 13.3. The van der Waals surface area contributed by atoms with Crippen molar-refractivity contribution < 1.29 is 4.39 Å². The van der Waals surface area contributed by atoms with Crippen molar-refractivity contribution in [1.82, 2.24) is 4.90 Å². The lowest BCUT2D eigenvalue weighted by atomic mass is 9.98. The summed E-state index contributed by atoms with van der Waals surface area (Å²) in [6.45, 7) is 3.72. The van der Waals surface area contributed by atoms with Gasteiger partial charge < -0.3 is 4.90 Å². The maximum Gasteiger partial charge on any atom is 0.123 e. The minimum atomic E-state index is -0.0898.